The van der Waals surface area contributed by atoms with Crippen molar-refractivity contribution in [2.75, 3.05) is 0 Å². The Morgan fingerprint density at radius 3 is 2.14 bits per heavy atom. The van der Waals surface area contributed by atoms with Crippen LogP contribution in [0.2, 0.25) is 0 Å². The van der Waals surface area contributed by atoms with Crippen LogP contribution < -0.4 is 5.32 Å². The van der Waals surface area contributed by atoms with Gasteiger partial charge in [0.2, 0.25) is 5.91 Å². The molecule has 1 amide bonds. The third-order valence-electron chi connectivity index (χ3n) is 3.79. The maximum Gasteiger partial charge on any atom is 0.227 e. The van der Waals surface area contributed by atoms with E-state index in [1.165, 1.54) is 5.56 Å². The number of rotatable bonds is 6. The second kappa shape index (κ2) is 7.63. The second-order valence-corrected chi connectivity index (χ2v) is 5.57. The first-order chi connectivity index (χ1) is 10.2. The average Bonchev–Trinajstić information content (AvgIpc) is 2.54. The number of hydrogen-bond acceptors (Lipinski definition) is 1. The Balaban J connectivity index is 1.82. The Hall–Kier alpha value is -2.09. The van der Waals surface area contributed by atoms with Crippen LogP contribution in [-0.4, -0.2) is 11.9 Å². The van der Waals surface area contributed by atoms with Gasteiger partial charge in [0.1, 0.15) is 0 Å². The zero-order valence-corrected chi connectivity index (χ0v) is 12.8. The summed E-state index contributed by atoms with van der Waals surface area (Å²) in [4.78, 5) is 12.3. The van der Waals surface area contributed by atoms with E-state index >= 15 is 0 Å². The molecule has 0 aliphatic carbocycles. The van der Waals surface area contributed by atoms with Crippen molar-refractivity contribution < 1.29 is 4.79 Å². The van der Waals surface area contributed by atoms with E-state index in [2.05, 4.69) is 36.5 Å². The normalized spacial score (nSPS) is 13.4. The zero-order valence-electron chi connectivity index (χ0n) is 12.8. The molecule has 0 bridgehead atoms. The molecule has 0 aliphatic heterocycles. The maximum atomic E-state index is 12.3. The molecule has 0 fully saturated rings. The lowest BCUT2D eigenvalue weighted by Gasteiger charge is -2.18. The van der Waals surface area contributed by atoms with Gasteiger partial charge in [-0.2, -0.15) is 0 Å². The van der Waals surface area contributed by atoms with Crippen LogP contribution in [0, 0.1) is 0 Å². The van der Waals surface area contributed by atoms with Crippen molar-refractivity contribution in [1.29, 1.82) is 0 Å². The molecule has 2 nitrogen and oxygen atoms in total. The molecule has 0 spiro atoms. The van der Waals surface area contributed by atoms with Crippen molar-refractivity contribution in [3.63, 3.8) is 0 Å². The molecule has 0 aliphatic rings. The molecule has 1 N–H and O–H groups in total. The van der Waals surface area contributed by atoms with Gasteiger partial charge >= 0.3 is 0 Å². The van der Waals surface area contributed by atoms with Gasteiger partial charge in [-0.25, -0.2) is 0 Å². The first-order valence-electron chi connectivity index (χ1n) is 7.56. The molecular formula is C19H23NO. The minimum Gasteiger partial charge on any atom is -0.353 e. The predicted octanol–water partition coefficient (Wildman–Crippen LogP) is 3.93. The fourth-order valence-electron chi connectivity index (χ4n) is 2.36. The number of carbonyl (C=O) groups is 1. The fraction of sp³-hybridized carbons (Fsp3) is 0.316. The van der Waals surface area contributed by atoms with E-state index in [1.54, 1.807) is 0 Å². The molecule has 0 saturated heterocycles. The lowest BCUT2D eigenvalue weighted by molar-refractivity contribution is -0.122. The summed E-state index contributed by atoms with van der Waals surface area (Å²) in [5.74, 6) is -0.00728. The van der Waals surface area contributed by atoms with Crippen molar-refractivity contribution in [2.45, 2.75) is 38.6 Å². The van der Waals surface area contributed by atoms with Gasteiger partial charge in [-0.15, -0.1) is 0 Å². The van der Waals surface area contributed by atoms with Crippen molar-refractivity contribution >= 4 is 5.91 Å². The predicted molar refractivity (Wildman–Crippen MR) is 87.2 cm³/mol. The van der Waals surface area contributed by atoms with E-state index in [1.807, 2.05) is 43.3 Å². The van der Waals surface area contributed by atoms with E-state index < -0.39 is 0 Å². The Labute approximate surface area is 127 Å². The van der Waals surface area contributed by atoms with Crippen LogP contribution in [0.15, 0.2) is 60.7 Å². The van der Waals surface area contributed by atoms with Crippen LogP contribution >= 0.6 is 0 Å². The SMILES string of the molecule is C[C@@H](CCc1ccccc1)NC(=O)[C@H](C)c1ccccc1. The highest BCUT2D eigenvalue weighted by Crippen LogP contribution is 2.15. The van der Waals surface area contributed by atoms with Crippen LogP contribution in [0.3, 0.4) is 0 Å². The minimum absolute atomic E-state index is 0.0989. The van der Waals surface area contributed by atoms with E-state index in [4.69, 9.17) is 0 Å². The molecule has 0 unspecified atom stereocenters. The van der Waals surface area contributed by atoms with Crippen LogP contribution in [0.25, 0.3) is 0 Å². The maximum absolute atomic E-state index is 12.3. The van der Waals surface area contributed by atoms with Crippen molar-refractivity contribution in [3.05, 3.63) is 71.8 Å². The lowest BCUT2D eigenvalue weighted by Crippen LogP contribution is -2.35. The van der Waals surface area contributed by atoms with Crippen molar-refractivity contribution in [1.82, 2.24) is 5.32 Å². The third-order valence-corrected chi connectivity index (χ3v) is 3.79. The summed E-state index contributed by atoms with van der Waals surface area (Å²) < 4.78 is 0. The molecule has 2 heteroatoms. The zero-order chi connectivity index (χ0) is 15.1. The second-order valence-electron chi connectivity index (χ2n) is 5.57. The summed E-state index contributed by atoms with van der Waals surface area (Å²) in [6.45, 7) is 4.02. The van der Waals surface area contributed by atoms with Crippen LogP contribution in [-0.2, 0) is 11.2 Å². The monoisotopic (exact) mass is 281 g/mol. The fourth-order valence-corrected chi connectivity index (χ4v) is 2.36. The molecule has 2 rings (SSSR count). The molecule has 21 heavy (non-hydrogen) atoms. The summed E-state index contributed by atoms with van der Waals surface area (Å²) in [5.41, 5.74) is 2.37. The van der Waals surface area contributed by atoms with Gasteiger partial charge in [0, 0.05) is 6.04 Å². The molecule has 2 atom stereocenters. The van der Waals surface area contributed by atoms with Crippen LogP contribution in [0.5, 0.6) is 0 Å². The third kappa shape index (κ3) is 4.75. The Kier molecular flexibility index (Phi) is 5.56. The van der Waals surface area contributed by atoms with Crippen LogP contribution in [0.4, 0.5) is 0 Å². The highest BCUT2D eigenvalue weighted by molar-refractivity contribution is 5.83. The number of nitrogens with one attached hydrogen (secondary N) is 1. The number of hydrogen-bond donors (Lipinski definition) is 1. The number of amides is 1. The molecule has 2 aromatic rings. The number of carbonyl (C=O) groups excluding carboxylic acids is 1. The quantitative estimate of drug-likeness (QED) is 0.854. The molecule has 110 valence electrons. The molecular weight excluding hydrogens is 258 g/mol. The standard InChI is InChI=1S/C19H23NO/c1-15(13-14-17-9-5-3-6-10-17)20-19(21)16(2)18-11-7-4-8-12-18/h3-12,15-16H,13-14H2,1-2H3,(H,20,21)/t15-,16+/m0/s1. The van der Waals surface area contributed by atoms with E-state index in [0.717, 1.165) is 18.4 Å². The number of benzene rings is 2. The van der Waals surface area contributed by atoms with E-state index in [-0.39, 0.29) is 17.9 Å². The highest BCUT2D eigenvalue weighted by atomic mass is 16.1. The summed E-state index contributed by atoms with van der Waals surface area (Å²) >= 11 is 0. The average molecular weight is 281 g/mol. The molecule has 2 aromatic carbocycles. The smallest absolute Gasteiger partial charge is 0.227 e. The Morgan fingerprint density at radius 2 is 1.52 bits per heavy atom. The molecule has 0 heterocycles. The van der Waals surface area contributed by atoms with Gasteiger partial charge in [0.05, 0.1) is 5.92 Å². The highest BCUT2D eigenvalue weighted by Gasteiger charge is 2.16. The topological polar surface area (TPSA) is 29.1 Å². The van der Waals surface area contributed by atoms with Gasteiger partial charge in [-0.1, -0.05) is 60.7 Å². The van der Waals surface area contributed by atoms with Gasteiger partial charge in [-0.05, 0) is 37.8 Å². The Bertz CT molecular complexity index is 550. The van der Waals surface area contributed by atoms with E-state index in [0.29, 0.717) is 0 Å². The van der Waals surface area contributed by atoms with Gasteiger partial charge < -0.3 is 5.32 Å². The summed E-state index contributed by atoms with van der Waals surface area (Å²) in [7, 11) is 0. The van der Waals surface area contributed by atoms with Gasteiger partial charge in [0.25, 0.3) is 0 Å². The Morgan fingerprint density at radius 1 is 0.952 bits per heavy atom. The summed E-state index contributed by atoms with van der Waals surface area (Å²) in [6, 6.07) is 20.5. The molecule has 0 saturated carbocycles. The van der Waals surface area contributed by atoms with E-state index in [9.17, 15) is 4.79 Å². The summed E-state index contributed by atoms with van der Waals surface area (Å²) in [5, 5.41) is 3.11. The van der Waals surface area contributed by atoms with Crippen LogP contribution in [0.1, 0.15) is 37.3 Å². The molecule has 0 radical (unpaired) electrons. The first-order valence-corrected chi connectivity index (χ1v) is 7.56. The molecule has 0 aromatic heterocycles. The van der Waals surface area contributed by atoms with Crippen molar-refractivity contribution in [2.24, 2.45) is 0 Å². The minimum atomic E-state index is -0.106. The summed E-state index contributed by atoms with van der Waals surface area (Å²) in [6.07, 6.45) is 1.94. The van der Waals surface area contributed by atoms with Gasteiger partial charge in [0.15, 0.2) is 0 Å². The van der Waals surface area contributed by atoms with Crippen molar-refractivity contribution in [3.8, 4) is 0 Å². The largest absolute Gasteiger partial charge is 0.353 e. The lowest BCUT2D eigenvalue weighted by atomic mass is 9.99. The first kappa shape index (κ1) is 15.3. The number of aryl methyl sites for hydroxylation is 1. The van der Waals surface area contributed by atoms with Gasteiger partial charge in [-0.3, -0.25) is 4.79 Å².